The van der Waals surface area contributed by atoms with Crippen LogP contribution in [0.15, 0.2) is 54.6 Å². The standard InChI is InChI=1S/C20H15F3N4O2S/c21-20(22,23)12-6-2-1-5-11(12)10-29-15-9-16(30-17(15)18(24)28)27-14-8-4-3-7-13(14)26-19(27)25/h1-9H,10H2,(H2,24,28)(H2,25,26). The van der Waals surface area contributed by atoms with Gasteiger partial charge in [-0.05, 0) is 18.2 Å². The van der Waals surface area contributed by atoms with Gasteiger partial charge >= 0.3 is 6.18 Å². The number of aromatic nitrogens is 2. The third kappa shape index (κ3) is 3.57. The number of nitrogen functional groups attached to an aromatic ring is 1. The number of halogens is 3. The highest BCUT2D eigenvalue weighted by atomic mass is 32.1. The zero-order valence-electron chi connectivity index (χ0n) is 15.3. The van der Waals surface area contributed by atoms with Crippen LogP contribution in [0.25, 0.3) is 16.0 Å². The quantitative estimate of drug-likeness (QED) is 0.490. The van der Waals surface area contributed by atoms with Gasteiger partial charge in [0.1, 0.15) is 22.2 Å². The topological polar surface area (TPSA) is 96.2 Å². The van der Waals surface area contributed by atoms with E-state index in [1.807, 2.05) is 18.2 Å². The average Bonchev–Trinajstić information content (AvgIpc) is 3.25. The summed E-state index contributed by atoms with van der Waals surface area (Å²) in [5.41, 5.74) is 12.0. The maximum atomic E-state index is 13.2. The number of benzene rings is 2. The van der Waals surface area contributed by atoms with E-state index in [4.69, 9.17) is 16.2 Å². The number of alkyl halides is 3. The second-order valence-corrected chi connectivity index (χ2v) is 7.41. The van der Waals surface area contributed by atoms with Crippen LogP contribution >= 0.6 is 11.3 Å². The number of carbonyl (C=O) groups excluding carboxylic acids is 1. The number of anilines is 1. The monoisotopic (exact) mass is 432 g/mol. The summed E-state index contributed by atoms with van der Waals surface area (Å²) in [6, 6.07) is 13.8. The van der Waals surface area contributed by atoms with E-state index in [0.717, 1.165) is 17.4 Å². The Hall–Kier alpha value is -3.53. The van der Waals surface area contributed by atoms with Gasteiger partial charge in [0.25, 0.3) is 5.91 Å². The van der Waals surface area contributed by atoms with Gasteiger partial charge < -0.3 is 16.2 Å². The van der Waals surface area contributed by atoms with Crippen LogP contribution in [0.1, 0.15) is 20.8 Å². The van der Waals surface area contributed by atoms with Crippen LogP contribution in [-0.4, -0.2) is 15.5 Å². The summed E-state index contributed by atoms with van der Waals surface area (Å²) in [5.74, 6) is -0.479. The third-order valence-electron chi connectivity index (χ3n) is 4.42. The number of carbonyl (C=O) groups is 1. The maximum Gasteiger partial charge on any atom is 0.416 e. The van der Waals surface area contributed by atoms with Crippen LogP contribution < -0.4 is 16.2 Å². The number of thiophene rings is 1. The number of fused-ring (bicyclic) bond motifs is 1. The largest absolute Gasteiger partial charge is 0.487 e. The van der Waals surface area contributed by atoms with Crippen molar-refractivity contribution in [2.24, 2.45) is 5.73 Å². The molecule has 0 unspecified atom stereocenters. The first-order chi connectivity index (χ1) is 14.3. The first-order valence-corrected chi connectivity index (χ1v) is 9.52. The van der Waals surface area contributed by atoms with Gasteiger partial charge in [0.2, 0.25) is 5.95 Å². The first kappa shape index (κ1) is 19.8. The fraction of sp³-hybridized carbons (Fsp3) is 0.100. The van der Waals surface area contributed by atoms with Gasteiger partial charge in [-0.15, -0.1) is 11.3 Å². The number of rotatable bonds is 5. The van der Waals surface area contributed by atoms with Crippen LogP contribution in [0.2, 0.25) is 0 Å². The van der Waals surface area contributed by atoms with E-state index in [2.05, 4.69) is 4.98 Å². The van der Waals surface area contributed by atoms with Gasteiger partial charge in [-0.2, -0.15) is 13.2 Å². The lowest BCUT2D eigenvalue weighted by Crippen LogP contribution is -2.13. The molecule has 0 saturated carbocycles. The molecular formula is C20H15F3N4O2S. The van der Waals surface area contributed by atoms with Gasteiger partial charge in [0.05, 0.1) is 16.6 Å². The lowest BCUT2D eigenvalue weighted by atomic mass is 10.1. The highest BCUT2D eigenvalue weighted by molar-refractivity contribution is 7.16. The Labute approximate surface area is 172 Å². The zero-order chi connectivity index (χ0) is 21.5. The Morgan fingerprint density at radius 1 is 1.13 bits per heavy atom. The lowest BCUT2D eigenvalue weighted by Gasteiger charge is -2.13. The molecule has 2 aromatic carbocycles. The zero-order valence-corrected chi connectivity index (χ0v) is 16.1. The molecule has 0 radical (unpaired) electrons. The number of hydrogen-bond donors (Lipinski definition) is 2. The van der Waals surface area contributed by atoms with Crippen molar-refractivity contribution in [2.45, 2.75) is 12.8 Å². The molecule has 0 spiro atoms. The van der Waals surface area contributed by atoms with E-state index in [9.17, 15) is 18.0 Å². The molecule has 0 aliphatic carbocycles. The molecule has 1 amide bonds. The van der Waals surface area contributed by atoms with Crippen molar-refractivity contribution in [3.63, 3.8) is 0 Å². The molecular weight excluding hydrogens is 417 g/mol. The summed E-state index contributed by atoms with van der Waals surface area (Å²) >= 11 is 1.02. The van der Waals surface area contributed by atoms with Crippen molar-refractivity contribution in [2.75, 3.05) is 5.73 Å². The normalized spacial score (nSPS) is 11.7. The number of nitrogens with zero attached hydrogens (tertiary/aromatic N) is 2. The van der Waals surface area contributed by atoms with Crippen LogP contribution in [0.3, 0.4) is 0 Å². The first-order valence-electron chi connectivity index (χ1n) is 8.70. The summed E-state index contributed by atoms with van der Waals surface area (Å²) in [6.45, 7) is -0.383. The lowest BCUT2D eigenvalue weighted by molar-refractivity contribution is -0.138. The number of amides is 1. The maximum absolute atomic E-state index is 13.2. The van der Waals surface area contributed by atoms with Gasteiger partial charge in [0.15, 0.2) is 0 Å². The SMILES string of the molecule is NC(=O)c1sc(-n2c(N)nc3ccccc32)cc1OCc1ccccc1C(F)(F)F. The third-order valence-corrected chi connectivity index (χ3v) is 5.54. The molecule has 2 aromatic heterocycles. The van der Waals surface area contributed by atoms with Crippen LogP contribution in [0.4, 0.5) is 19.1 Å². The number of hydrogen-bond acceptors (Lipinski definition) is 5. The molecule has 0 aliphatic rings. The fourth-order valence-corrected chi connectivity index (χ4v) is 4.08. The molecule has 10 heteroatoms. The minimum absolute atomic E-state index is 0.0548. The van der Waals surface area contributed by atoms with Crippen molar-refractivity contribution in [1.82, 2.24) is 9.55 Å². The summed E-state index contributed by atoms with van der Waals surface area (Å²) in [7, 11) is 0. The average molecular weight is 432 g/mol. The smallest absolute Gasteiger partial charge is 0.416 e. The predicted molar refractivity (Wildman–Crippen MR) is 108 cm³/mol. The van der Waals surface area contributed by atoms with Crippen LogP contribution in [0, 0.1) is 0 Å². The molecule has 6 nitrogen and oxygen atoms in total. The Morgan fingerprint density at radius 2 is 1.83 bits per heavy atom. The summed E-state index contributed by atoms with van der Waals surface area (Å²) in [4.78, 5) is 16.3. The van der Waals surface area contributed by atoms with E-state index in [-0.39, 0.29) is 28.7 Å². The molecule has 0 aliphatic heterocycles. The molecule has 154 valence electrons. The van der Waals surface area contributed by atoms with Crippen molar-refractivity contribution in [1.29, 1.82) is 0 Å². The Bertz CT molecular complexity index is 1250. The predicted octanol–water partition coefficient (Wildman–Crippen LogP) is 4.37. The summed E-state index contributed by atoms with van der Waals surface area (Å²) < 4.78 is 46.9. The molecule has 4 N–H and O–H groups in total. The van der Waals surface area contributed by atoms with E-state index in [1.54, 1.807) is 10.6 Å². The van der Waals surface area contributed by atoms with Gasteiger partial charge in [0, 0.05) is 11.6 Å². The summed E-state index contributed by atoms with van der Waals surface area (Å²) in [5, 5.41) is 0.508. The molecule has 0 fully saturated rings. The van der Waals surface area contributed by atoms with Crippen molar-refractivity contribution in [3.8, 4) is 10.8 Å². The van der Waals surface area contributed by atoms with Gasteiger partial charge in [-0.3, -0.25) is 9.36 Å². The van der Waals surface area contributed by atoms with E-state index >= 15 is 0 Å². The van der Waals surface area contributed by atoms with Crippen molar-refractivity contribution < 1.29 is 22.7 Å². The van der Waals surface area contributed by atoms with E-state index in [0.29, 0.717) is 16.0 Å². The molecule has 2 heterocycles. The molecule has 0 bridgehead atoms. The molecule has 0 saturated heterocycles. The van der Waals surface area contributed by atoms with Crippen molar-refractivity contribution >= 4 is 34.2 Å². The van der Waals surface area contributed by atoms with Gasteiger partial charge in [-0.25, -0.2) is 4.98 Å². The molecule has 30 heavy (non-hydrogen) atoms. The number of imidazole rings is 1. The molecule has 4 rings (SSSR count). The number of nitrogens with two attached hydrogens (primary N) is 2. The highest BCUT2D eigenvalue weighted by Crippen LogP contribution is 2.37. The fourth-order valence-electron chi connectivity index (χ4n) is 3.11. The number of para-hydroxylation sites is 2. The van der Waals surface area contributed by atoms with Crippen LogP contribution in [-0.2, 0) is 12.8 Å². The molecule has 4 aromatic rings. The van der Waals surface area contributed by atoms with Gasteiger partial charge in [-0.1, -0.05) is 30.3 Å². The number of primary amides is 1. The Morgan fingerprint density at radius 3 is 2.57 bits per heavy atom. The number of ether oxygens (including phenoxy) is 1. The minimum Gasteiger partial charge on any atom is -0.487 e. The second kappa shape index (κ2) is 7.38. The Balaban J connectivity index is 1.71. The minimum atomic E-state index is -4.52. The van der Waals surface area contributed by atoms with E-state index < -0.39 is 17.6 Å². The van der Waals surface area contributed by atoms with E-state index in [1.165, 1.54) is 24.3 Å². The summed E-state index contributed by atoms with van der Waals surface area (Å²) in [6.07, 6.45) is -4.52. The Kier molecular flexibility index (Phi) is 4.86. The second-order valence-electron chi connectivity index (χ2n) is 6.38. The van der Waals surface area contributed by atoms with Crippen LogP contribution in [0.5, 0.6) is 5.75 Å². The highest BCUT2D eigenvalue weighted by Gasteiger charge is 2.33. The van der Waals surface area contributed by atoms with Crippen molar-refractivity contribution in [3.05, 3.63) is 70.6 Å². The molecule has 0 atom stereocenters.